The first-order valence-electron chi connectivity index (χ1n) is 2.66. The Kier molecular flexibility index (Phi) is 0.858. The van der Waals surface area contributed by atoms with Gasteiger partial charge in [0, 0.05) is 0 Å². The van der Waals surface area contributed by atoms with Crippen LogP contribution < -0.4 is 0 Å². The molecule has 10 heavy (non-hydrogen) atoms. The minimum Gasteiger partial charge on any atom is -0.263 e. The van der Waals surface area contributed by atoms with Crippen LogP contribution in [0.1, 0.15) is 10.5 Å². The van der Waals surface area contributed by atoms with Crippen molar-refractivity contribution in [1.82, 2.24) is 10.2 Å². The lowest BCUT2D eigenvalue weighted by Crippen LogP contribution is -1.94. The van der Waals surface area contributed by atoms with Gasteiger partial charge in [-0.1, -0.05) is 0 Å². The second-order valence-corrected chi connectivity index (χ2v) is 1.77. The summed E-state index contributed by atoms with van der Waals surface area (Å²) in [7, 11) is 0. The molecule has 2 heterocycles. The zero-order valence-corrected chi connectivity index (χ0v) is 4.85. The van der Waals surface area contributed by atoms with E-state index in [4.69, 9.17) is 0 Å². The third-order valence-corrected chi connectivity index (χ3v) is 1.15. The Hall–Kier alpha value is -1.65. The molecular formula is C5H2N4O. The van der Waals surface area contributed by atoms with E-state index in [-0.39, 0.29) is 5.69 Å². The first kappa shape index (κ1) is 5.16. The fraction of sp³-hybridized carbons (Fsp3) is 0. The Labute approximate surface area is 55.8 Å². The number of hydrogen-bond donors (Lipinski definition) is 0. The van der Waals surface area contributed by atoms with Crippen LogP contribution in [-0.4, -0.2) is 16.1 Å². The zero-order valence-electron chi connectivity index (χ0n) is 4.85. The van der Waals surface area contributed by atoms with Crippen LogP contribution in [0.4, 0.5) is 5.69 Å². The van der Waals surface area contributed by atoms with Crippen molar-refractivity contribution in [3.8, 4) is 0 Å². The summed E-state index contributed by atoms with van der Waals surface area (Å²) in [4.78, 5) is 10.7. The second-order valence-electron chi connectivity index (χ2n) is 1.77. The number of carbonyl (C=O) groups is 1. The highest BCUT2D eigenvalue weighted by Crippen LogP contribution is 2.22. The van der Waals surface area contributed by atoms with Gasteiger partial charge in [-0.25, -0.2) is 0 Å². The number of amides is 1. The van der Waals surface area contributed by atoms with Crippen LogP contribution in [-0.2, 0) is 0 Å². The minimum atomic E-state index is -0.414. The Morgan fingerprint density at radius 3 is 3.00 bits per heavy atom. The normalized spacial score (nSPS) is 13.8. The number of azo groups is 1. The molecule has 0 N–H and O–H groups in total. The Morgan fingerprint density at radius 1 is 1.30 bits per heavy atom. The molecule has 0 spiro atoms. The van der Waals surface area contributed by atoms with Crippen LogP contribution in [0.25, 0.3) is 0 Å². The maximum Gasteiger partial charge on any atom is 0.318 e. The largest absolute Gasteiger partial charge is 0.318 e. The maximum atomic E-state index is 10.7. The summed E-state index contributed by atoms with van der Waals surface area (Å²) in [5, 5.41) is 13.9. The molecule has 0 radical (unpaired) electrons. The quantitative estimate of drug-likeness (QED) is 0.524. The third-order valence-electron chi connectivity index (χ3n) is 1.15. The standard InChI is InChI=1S/C5H2N4O/c10-5-4-3(7-9-5)1-2-6-8-4/h1-2H. The molecule has 1 aromatic rings. The van der Waals surface area contributed by atoms with Crippen molar-refractivity contribution in [2.45, 2.75) is 0 Å². The highest BCUT2D eigenvalue weighted by Gasteiger charge is 2.18. The number of nitrogens with zero attached hydrogens (tertiary/aromatic N) is 4. The van der Waals surface area contributed by atoms with Crippen molar-refractivity contribution >= 4 is 11.6 Å². The molecule has 5 heteroatoms. The highest BCUT2D eigenvalue weighted by molar-refractivity contribution is 5.99. The van der Waals surface area contributed by atoms with Gasteiger partial charge in [-0.2, -0.15) is 5.10 Å². The van der Waals surface area contributed by atoms with E-state index >= 15 is 0 Å². The van der Waals surface area contributed by atoms with Crippen molar-refractivity contribution in [3.05, 3.63) is 18.0 Å². The smallest absolute Gasteiger partial charge is 0.263 e. The molecular weight excluding hydrogens is 132 g/mol. The SMILES string of the molecule is O=C1N=Nc2ccnnc21. The first-order valence-corrected chi connectivity index (χ1v) is 2.66. The van der Waals surface area contributed by atoms with Crippen LogP contribution in [0.5, 0.6) is 0 Å². The van der Waals surface area contributed by atoms with Gasteiger partial charge in [0.2, 0.25) is 0 Å². The monoisotopic (exact) mass is 134 g/mol. The van der Waals surface area contributed by atoms with Crippen LogP contribution in [0, 0.1) is 0 Å². The van der Waals surface area contributed by atoms with Gasteiger partial charge >= 0.3 is 5.91 Å². The third kappa shape index (κ3) is 0.540. The molecule has 5 nitrogen and oxygen atoms in total. The molecule has 1 aliphatic rings. The molecule has 1 amide bonds. The molecule has 0 fully saturated rings. The summed E-state index contributed by atoms with van der Waals surface area (Å²) >= 11 is 0. The fourth-order valence-corrected chi connectivity index (χ4v) is 0.705. The Morgan fingerprint density at radius 2 is 2.20 bits per heavy atom. The van der Waals surface area contributed by atoms with Crippen molar-refractivity contribution in [1.29, 1.82) is 0 Å². The highest BCUT2D eigenvalue weighted by atomic mass is 16.2. The van der Waals surface area contributed by atoms with Gasteiger partial charge in [-0.05, 0) is 6.07 Å². The van der Waals surface area contributed by atoms with E-state index in [0.717, 1.165) is 0 Å². The molecule has 1 aliphatic heterocycles. The first-order chi connectivity index (χ1) is 4.88. The van der Waals surface area contributed by atoms with Gasteiger partial charge in [-0.3, -0.25) is 4.79 Å². The lowest BCUT2D eigenvalue weighted by molar-refractivity contribution is 0.0997. The van der Waals surface area contributed by atoms with E-state index in [9.17, 15) is 4.79 Å². The average Bonchev–Trinajstić information content (AvgIpc) is 2.34. The number of carbonyl (C=O) groups excluding carboxylic acids is 1. The topological polar surface area (TPSA) is 67.6 Å². The molecule has 0 unspecified atom stereocenters. The summed E-state index contributed by atoms with van der Waals surface area (Å²) in [5.41, 5.74) is 0.738. The van der Waals surface area contributed by atoms with Gasteiger partial charge < -0.3 is 0 Å². The number of aromatic nitrogens is 2. The van der Waals surface area contributed by atoms with E-state index in [2.05, 4.69) is 20.4 Å². The van der Waals surface area contributed by atoms with Crippen LogP contribution >= 0.6 is 0 Å². The van der Waals surface area contributed by atoms with E-state index in [1.165, 1.54) is 6.20 Å². The van der Waals surface area contributed by atoms with Gasteiger partial charge in [0.25, 0.3) is 0 Å². The van der Waals surface area contributed by atoms with Gasteiger partial charge in [0.05, 0.1) is 6.20 Å². The van der Waals surface area contributed by atoms with Crippen LogP contribution in [0.3, 0.4) is 0 Å². The molecule has 0 atom stereocenters. The zero-order chi connectivity index (χ0) is 6.97. The van der Waals surface area contributed by atoms with E-state index in [0.29, 0.717) is 5.69 Å². The molecule has 0 aliphatic carbocycles. The summed E-state index contributed by atoms with van der Waals surface area (Å²) in [6.07, 6.45) is 1.47. The Bertz CT molecular complexity index is 319. The van der Waals surface area contributed by atoms with Gasteiger partial charge in [0.1, 0.15) is 5.69 Å². The van der Waals surface area contributed by atoms with E-state index < -0.39 is 5.91 Å². The maximum absolute atomic E-state index is 10.7. The molecule has 0 saturated carbocycles. The molecule has 48 valence electrons. The molecule has 0 bridgehead atoms. The van der Waals surface area contributed by atoms with Gasteiger partial charge in [-0.15, -0.1) is 15.3 Å². The summed E-state index contributed by atoms with van der Waals surface area (Å²) < 4.78 is 0. The molecule has 0 aromatic carbocycles. The second kappa shape index (κ2) is 1.66. The lowest BCUT2D eigenvalue weighted by Gasteiger charge is -1.85. The number of fused-ring (bicyclic) bond motifs is 1. The fourth-order valence-electron chi connectivity index (χ4n) is 0.705. The molecule has 0 saturated heterocycles. The summed E-state index contributed by atoms with van der Waals surface area (Å²) in [6, 6.07) is 1.59. The summed E-state index contributed by atoms with van der Waals surface area (Å²) in [6.45, 7) is 0. The molecule has 1 aromatic heterocycles. The Balaban J connectivity index is 2.70. The minimum absolute atomic E-state index is 0.238. The number of hydrogen-bond acceptors (Lipinski definition) is 4. The van der Waals surface area contributed by atoms with Crippen molar-refractivity contribution < 1.29 is 4.79 Å². The van der Waals surface area contributed by atoms with Crippen LogP contribution in [0.15, 0.2) is 22.5 Å². The van der Waals surface area contributed by atoms with Crippen molar-refractivity contribution in [3.63, 3.8) is 0 Å². The predicted octanol–water partition coefficient (Wildman–Crippen LogP) is 0.714. The van der Waals surface area contributed by atoms with Crippen molar-refractivity contribution in [2.75, 3.05) is 0 Å². The molecule has 2 rings (SSSR count). The number of rotatable bonds is 0. The van der Waals surface area contributed by atoms with Crippen molar-refractivity contribution in [2.24, 2.45) is 10.2 Å². The average molecular weight is 134 g/mol. The van der Waals surface area contributed by atoms with Crippen LogP contribution in [0.2, 0.25) is 0 Å². The predicted molar refractivity (Wildman–Crippen MR) is 30.9 cm³/mol. The van der Waals surface area contributed by atoms with Gasteiger partial charge in [0.15, 0.2) is 5.69 Å². The summed E-state index contributed by atoms with van der Waals surface area (Å²) in [5.74, 6) is -0.414. The lowest BCUT2D eigenvalue weighted by atomic mass is 10.3. The van der Waals surface area contributed by atoms with E-state index in [1.807, 2.05) is 0 Å². The van der Waals surface area contributed by atoms with E-state index in [1.54, 1.807) is 6.07 Å².